The van der Waals surface area contributed by atoms with Gasteiger partial charge in [0.2, 0.25) is 0 Å². The molecule has 0 spiro atoms. The number of aryl methyl sites for hydroxylation is 1. The fraction of sp³-hybridized carbons (Fsp3) is 0.360. The third-order valence-electron chi connectivity index (χ3n) is 6.31. The van der Waals surface area contributed by atoms with Gasteiger partial charge in [0.15, 0.2) is 11.5 Å². The van der Waals surface area contributed by atoms with Crippen LogP contribution in [0.2, 0.25) is 0 Å². The van der Waals surface area contributed by atoms with E-state index in [-0.39, 0.29) is 17.0 Å². The number of pyridine rings is 1. The SMILES string of the molecule is COc1ccc2cc(C(=O)N3CCc4ccccc4C3)c(=O)n3c2c1OCCCCC3. The maximum absolute atomic E-state index is 13.5. The molecule has 5 rings (SSSR count). The lowest BCUT2D eigenvalue weighted by atomic mass is 9.99. The average molecular weight is 418 g/mol. The van der Waals surface area contributed by atoms with Gasteiger partial charge >= 0.3 is 0 Å². The highest BCUT2D eigenvalue weighted by atomic mass is 16.5. The predicted octanol–water partition coefficient (Wildman–Crippen LogP) is 3.77. The quantitative estimate of drug-likeness (QED) is 0.636. The number of aromatic nitrogens is 1. The van der Waals surface area contributed by atoms with Crippen LogP contribution in [0.25, 0.3) is 10.9 Å². The summed E-state index contributed by atoms with van der Waals surface area (Å²) in [6, 6.07) is 13.6. The third-order valence-corrected chi connectivity index (χ3v) is 6.31. The molecule has 0 N–H and O–H groups in total. The summed E-state index contributed by atoms with van der Waals surface area (Å²) in [5.74, 6) is 0.988. The molecule has 0 radical (unpaired) electrons. The molecule has 160 valence electrons. The highest BCUT2D eigenvalue weighted by Crippen LogP contribution is 2.36. The van der Waals surface area contributed by atoms with Gasteiger partial charge in [0, 0.05) is 25.0 Å². The summed E-state index contributed by atoms with van der Waals surface area (Å²) in [7, 11) is 1.60. The van der Waals surface area contributed by atoms with Gasteiger partial charge < -0.3 is 18.9 Å². The number of carbonyl (C=O) groups excluding carboxylic acids is 1. The number of benzene rings is 2. The number of hydrogen-bond donors (Lipinski definition) is 0. The normalized spacial score (nSPS) is 16.0. The second-order valence-electron chi connectivity index (χ2n) is 8.20. The molecule has 2 aliphatic heterocycles. The fourth-order valence-corrected chi connectivity index (χ4v) is 4.66. The minimum atomic E-state index is -0.253. The van der Waals surface area contributed by atoms with Crippen molar-refractivity contribution in [2.24, 2.45) is 0 Å². The van der Waals surface area contributed by atoms with E-state index < -0.39 is 0 Å². The monoisotopic (exact) mass is 418 g/mol. The molecule has 3 aromatic rings. The summed E-state index contributed by atoms with van der Waals surface area (Å²) in [4.78, 5) is 28.8. The Balaban J connectivity index is 1.62. The molecule has 2 aromatic carbocycles. The van der Waals surface area contributed by atoms with Crippen LogP contribution < -0.4 is 15.0 Å². The molecule has 31 heavy (non-hydrogen) atoms. The molecule has 0 aliphatic carbocycles. The van der Waals surface area contributed by atoms with Crippen LogP contribution in [0.5, 0.6) is 11.5 Å². The number of carbonyl (C=O) groups is 1. The van der Waals surface area contributed by atoms with Gasteiger partial charge in [0.1, 0.15) is 5.56 Å². The second-order valence-corrected chi connectivity index (χ2v) is 8.20. The van der Waals surface area contributed by atoms with Crippen molar-refractivity contribution in [3.05, 3.63) is 69.5 Å². The van der Waals surface area contributed by atoms with Gasteiger partial charge in [0.05, 0.1) is 19.2 Å². The van der Waals surface area contributed by atoms with E-state index in [2.05, 4.69) is 12.1 Å². The van der Waals surface area contributed by atoms with E-state index in [4.69, 9.17) is 9.47 Å². The van der Waals surface area contributed by atoms with Gasteiger partial charge in [0.25, 0.3) is 11.5 Å². The molecule has 2 aliphatic rings. The fourth-order valence-electron chi connectivity index (χ4n) is 4.66. The maximum Gasteiger partial charge on any atom is 0.264 e. The maximum atomic E-state index is 13.5. The van der Waals surface area contributed by atoms with Gasteiger partial charge in [-0.2, -0.15) is 0 Å². The van der Waals surface area contributed by atoms with Gasteiger partial charge in [-0.1, -0.05) is 24.3 Å². The van der Waals surface area contributed by atoms with E-state index in [1.54, 1.807) is 22.6 Å². The van der Waals surface area contributed by atoms with Gasteiger partial charge in [-0.3, -0.25) is 9.59 Å². The van der Waals surface area contributed by atoms with E-state index in [9.17, 15) is 9.59 Å². The smallest absolute Gasteiger partial charge is 0.264 e. The van der Waals surface area contributed by atoms with Crippen molar-refractivity contribution < 1.29 is 14.3 Å². The van der Waals surface area contributed by atoms with Crippen LogP contribution in [-0.4, -0.2) is 35.6 Å². The Kier molecular flexibility index (Phi) is 5.14. The number of amides is 1. The Morgan fingerprint density at radius 3 is 2.71 bits per heavy atom. The molecular formula is C25H26N2O4. The van der Waals surface area contributed by atoms with Crippen LogP contribution in [0, 0.1) is 0 Å². The van der Waals surface area contributed by atoms with E-state index in [1.165, 1.54) is 5.56 Å². The van der Waals surface area contributed by atoms with E-state index >= 15 is 0 Å². The van der Waals surface area contributed by atoms with Crippen LogP contribution >= 0.6 is 0 Å². The highest BCUT2D eigenvalue weighted by Gasteiger charge is 2.26. The number of hydrogen-bond acceptors (Lipinski definition) is 4. The molecule has 0 fully saturated rings. The first-order valence-corrected chi connectivity index (χ1v) is 10.9. The Morgan fingerprint density at radius 1 is 1.03 bits per heavy atom. The Bertz CT molecular complexity index is 1210. The van der Waals surface area contributed by atoms with Crippen molar-refractivity contribution in [3.63, 3.8) is 0 Å². The minimum absolute atomic E-state index is 0.205. The van der Waals surface area contributed by atoms with Crippen LogP contribution in [0.3, 0.4) is 0 Å². The summed E-state index contributed by atoms with van der Waals surface area (Å²) in [5.41, 5.74) is 3.11. The van der Waals surface area contributed by atoms with Crippen LogP contribution in [0.15, 0.2) is 47.3 Å². The first-order valence-electron chi connectivity index (χ1n) is 10.9. The first kappa shape index (κ1) is 19.7. The summed E-state index contributed by atoms with van der Waals surface area (Å²) in [6.07, 6.45) is 3.55. The van der Waals surface area contributed by atoms with Crippen molar-refractivity contribution in [3.8, 4) is 11.5 Å². The van der Waals surface area contributed by atoms with Crippen molar-refractivity contribution in [2.75, 3.05) is 20.3 Å². The number of rotatable bonds is 2. The summed E-state index contributed by atoms with van der Waals surface area (Å²) in [6.45, 7) is 2.29. The lowest BCUT2D eigenvalue weighted by Crippen LogP contribution is -2.39. The van der Waals surface area contributed by atoms with E-state index in [0.717, 1.165) is 36.6 Å². The standard InChI is InChI=1S/C25H26N2O4/c1-30-21-10-9-18-15-20(24(28)26-13-11-17-7-3-4-8-19(17)16-26)25(29)27-12-5-2-6-14-31-23(21)22(18)27/h3-4,7-10,15H,2,5-6,11-14,16H2,1H3. The summed E-state index contributed by atoms with van der Waals surface area (Å²) >= 11 is 0. The zero-order valence-electron chi connectivity index (χ0n) is 17.7. The lowest BCUT2D eigenvalue weighted by molar-refractivity contribution is 0.0732. The molecule has 0 atom stereocenters. The van der Waals surface area contributed by atoms with Crippen LogP contribution in [0.1, 0.15) is 40.7 Å². The predicted molar refractivity (Wildman–Crippen MR) is 119 cm³/mol. The molecule has 0 saturated carbocycles. The topological polar surface area (TPSA) is 60.8 Å². The number of ether oxygens (including phenoxy) is 2. The van der Waals surface area contributed by atoms with Gasteiger partial charge in [-0.15, -0.1) is 0 Å². The molecule has 3 heterocycles. The van der Waals surface area contributed by atoms with Crippen LogP contribution in [0.4, 0.5) is 0 Å². The van der Waals surface area contributed by atoms with Crippen molar-refractivity contribution in [1.82, 2.24) is 9.47 Å². The minimum Gasteiger partial charge on any atom is -0.493 e. The lowest BCUT2D eigenvalue weighted by Gasteiger charge is -2.29. The largest absolute Gasteiger partial charge is 0.493 e. The van der Waals surface area contributed by atoms with Crippen molar-refractivity contribution in [1.29, 1.82) is 0 Å². The number of fused-ring (bicyclic) bond motifs is 1. The number of nitrogens with zero attached hydrogens (tertiary/aromatic N) is 2. The zero-order chi connectivity index (χ0) is 21.4. The molecular weight excluding hydrogens is 392 g/mol. The van der Waals surface area contributed by atoms with Gasteiger partial charge in [-0.25, -0.2) is 0 Å². The Hall–Kier alpha value is -3.28. The molecule has 6 heteroatoms. The average Bonchev–Trinajstić information content (AvgIpc) is 2.92. The molecule has 1 aromatic heterocycles. The number of methoxy groups -OCH3 is 1. The summed E-state index contributed by atoms with van der Waals surface area (Å²) in [5, 5.41) is 0.818. The van der Waals surface area contributed by atoms with Gasteiger partial charge in [-0.05, 0) is 55.0 Å². The molecule has 0 saturated heterocycles. The molecule has 6 nitrogen and oxygen atoms in total. The Labute approximate surface area is 181 Å². The third kappa shape index (κ3) is 3.46. The first-order chi connectivity index (χ1) is 15.2. The molecule has 0 bridgehead atoms. The second kappa shape index (κ2) is 8.10. The van der Waals surface area contributed by atoms with Crippen LogP contribution in [-0.2, 0) is 19.5 Å². The van der Waals surface area contributed by atoms with Crippen molar-refractivity contribution in [2.45, 2.75) is 38.8 Å². The van der Waals surface area contributed by atoms with Crippen molar-refractivity contribution >= 4 is 16.8 Å². The summed E-state index contributed by atoms with van der Waals surface area (Å²) < 4.78 is 13.2. The Morgan fingerprint density at radius 2 is 1.87 bits per heavy atom. The van der Waals surface area contributed by atoms with E-state index in [1.807, 2.05) is 24.3 Å². The highest BCUT2D eigenvalue weighted by molar-refractivity contribution is 5.99. The zero-order valence-corrected chi connectivity index (χ0v) is 17.7. The molecule has 0 unspecified atom stereocenters. The van der Waals surface area contributed by atoms with E-state index in [0.29, 0.717) is 43.3 Å². The molecule has 1 amide bonds.